The molecule has 0 saturated heterocycles. The molecule has 0 aliphatic heterocycles. The molecule has 3 heteroatoms. The van der Waals surface area contributed by atoms with Gasteiger partial charge in [-0.25, -0.2) is 4.98 Å². The number of para-hydroxylation sites is 3. The Hall–Kier alpha value is -2.29. The van der Waals surface area contributed by atoms with Crippen molar-refractivity contribution < 1.29 is 4.74 Å². The van der Waals surface area contributed by atoms with Gasteiger partial charge in [-0.2, -0.15) is 0 Å². The standard InChI is InChI=1S/C18H20N2O/c1-3-13-20-17-12-8-7-11-16(17)19-18(20)14(2)21-15-9-5-4-6-10-15/h4-12,14H,3,13H2,1-2H3. The number of nitrogens with zero attached hydrogens (tertiary/aromatic N) is 2. The van der Waals surface area contributed by atoms with Crippen LogP contribution < -0.4 is 4.74 Å². The number of imidazole rings is 1. The van der Waals surface area contributed by atoms with Crippen molar-refractivity contribution >= 4 is 11.0 Å². The van der Waals surface area contributed by atoms with Gasteiger partial charge in [0.25, 0.3) is 0 Å². The molecule has 1 unspecified atom stereocenters. The van der Waals surface area contributed by atoms with Crippen molar-refractivity contribution in [3.63, 3.8) is 0 Å². The molecule has 0 fully saturated rings. The highest BCUT2D eigenvalue weighted by Gasteiger charge is 2.17. The van der Waals surface area contributed by atoms with Crippen molar-refractivity contribution in [2.45, 2.75) is 32.9 Å². The molecule has 21 heavy (non-hydrogen) atoms. The molecule has 0 spiro atoms. The van der Waals surface area contributed by atoms with Crippen molar-refractivity contribution in [1.29, 1.82) is 0 Å². The average molecular weight is 280 g/mol. The lowest BCUT2D eigenvalue weighted by Gasteiger charge is -2.16. The minimum absolute atomic E-state index is 0.0775. The molecule has 0 aliphatic carbocycles. The molecule has 1 aromatic heterocycles. The Kier molecular flexibility index (Phi) is 3.91. The summed E-state index contributed by atoms with van der Waals surface area (Å²) >= 11 is 0. The van der Waals surface area contributed by atoms with Crippen LogP contribution in [0.2, 0.25) is 0 Å². The fourth-order valence-electron chi connectivity index (χ4n) is 2.62. The third-order valence-electron chi connectivity index (χ3n) is 3.55. The molecule has 1 atom stereocenters. The number of ether oxygens (including phenoxy) is 1. The van der Waals surface area contributed by atoms with Crippen LogP contribution in [0.4, 0.5) is 0 Å². The summed E-state index contributed by atoms with van der Waals surface area (Å²) in [6, 6.07) is 18.2. The molecule has 0 saturated carbocycles. The molecule has 0 aliphatic rings. The molecule has 2 aromatic carbocycles. The Labute approximate surface area is 125 Å². The summed E-state index contributed by atoms with van der Waals surface area (Å²) < 4.78 is 8.30. The Morgan fingerprint density at radius 1 is 1.05 bits per heavy atom. The highest BCUT2D eigenvalue weighted by atomic mass is 16.5. The monoisotopic (exact) mass is 280 g/mol. The molecule has 0 radical (unpaired) electrons. The quantitative estimate of drug-likeness (QED) is 0.683. The Morgan fingerprint density at radius 3 is 2.52 bits per heavy atom. The maximum absolute atomic E-state index is 6.03. The zero-order valence-electron chi connectivity index (χ0n) is 12.5. The van der Waals surface area contributed by atoms with Crippen LogP contribution in [-0.4, -0.2) is 9.55 Å². The lowest BCUT2D eigenvalue weighted by molar-refractivity contribution is 0.211. The second kappa shape index (κ2) is 6.00. The van der Waals surface area contributed by atoms with E-state index < -0.39 is 0 Å². The molecule has 0 bridgehead atoms. The minimum atomic E-state index is -0.0775. The van der Waals surface area contributed by atoms with Crippen LogP contribution in [0.3, 0.4) is 0 Å². The van der Waals surface area contributed by atoms with Crippen molar-refractivity contribution in [1.82, 2.24) is 9.55 Å². The van der Waals surface area contributed by atoms with Crippen LogP contribution in [0, 0.1) is 0 Å². The van der Waals surface area contributed by atoms with E-state index in [0.717, 1.165) is 30.1 Å². The van der Waals surface area contributed by atoms with Crippen LogP contribution in [0.5, 0.6) is 5.75 Å². The van der Waals surface area contributed by atoms with Crippen molar-refractivity contribution in [3.05, 3.63) is 60.4 Å². The number of fused-ring (bicyclic) bond motifs is 1. The van der Waals surface area contributed by atoms with Gasteiger partial charge in [-0.05, 0) is 37.6 Å². The van der Waals surface area contributed by atoms with Gasteiger partial charge in [0.2, 0.25) is 0 Å². The highest BCUT2D eigenvalue weighted by molar-refractivity contribution is 5.76. The van der Waals surface area contributed by atoms with E-state index in [2.05, 4.69) is 36.6 Å². The first-order chi connectivity index (χ1) is 10.3. The average Bonchev–Trinajstić information content (AvgIpc) is 2.88. The first kappa shape index (κ1) is 13.7. The third-order valence-corrected chi connectivity index (χ3v) is 3.55. The predicted octanol–water partition coefficient (Wildman–Crippen LogP) is 4.59. The highest BCUT2D eigenvalue weighted by Crippen LogP contribution is 2.25. The molecular weight excluding hydrogens is 260 g/mol. The van der Waals surface area contributed by atoms with Crippen LogP contribution in [-0.2, 0) is 6.54 Å². The number of aromatic nitrogens is 2. The maximum atomic E-state index is 6.03. The summed E-state index contributed by atoms with van der Waals surface area (Å²) in [7, 11) is 0. The minimum Gasteiger partial charge on any atom is -0.483 e. The van der Waals surface area contributed by atoms with E-state index in [4.69, 9.17) is 9.72 Å². The van der Waals surface area contributed by atoms with E-state index in [9.17, 15) is 0 Å². The second-order valence-electron chi connectivity index (χ2n) is 5.18. The molecular formula is C18H20N2O. The summed E-state index contributed by atoms with van der Waals surface area (Å²) in [6.45, 7) is 5.19. The lowest BCUT2D eigenvalue weighted by atomic mass is 10.3. The Balaban J connectivity index is 1.96. The Morgan fingerprint density at radius 2 is 1.76 bits per heavy atom. The Bertz CT molecular complexity index is 718. The summed E-state index contributed by atoms with van der Waals surface area (Å²) in [5.74, 6) is 1.86. The maximum Gasteiger partial charge on any atom is 0.153 e. The van der Waals surface area contributed by atoms with E-state index in [1.165, 1.54) is 5.52 Å². The summed E-state index contributed by atoms with van der Waals surface area (Å²) in [5, 5.41) is 0. The predicted molar refractivity (Wildman–Crippen MR) is 85.5 cm³/mol. The zero-order chi connectivity index (χ0) is 14.7. The number of hydrogen-bond acceptors (Lipinski definition) is 2. The van der Waals surface area contributed by atoms with Gasteiger partial charge in [-0.3, -0.25) is 0 Å². The van der Waals surface area contributed by atoms with Gasteiger partial charge in [-0.1, -0.05) is 37.3 Å². The topological polar surface area (TPSA) is 27.1 Å². The summed E-state index contributed by atoms with van der Waals surface area (Å²) in [6.07, 6.45) is 0.997. The summed E-state index contributed by atoms with van der Waals surface area (Å²) in [4.78, 5) is 4.77. The molecule has 3 nitrogen and oxygen atoms in total. The van der Waals surface area contributed by atoms with Crippen LogP contribution >= 0.6 is 0 Å². The van der Waals surface area contributed by atoms with Gasteiger partial charge in [0.1, 0.15) is 5.75 Å². The molecule has 0 N–H and O–H groups in total. The number of benzene rings is 2. The zero-order valence-corrected chi connectivity index (χ0v) is 12.5. The molecule has 3 aromatic rings. The van der Waals surface area contributed by atoms with E-state index in [1.807, 2.05) is 36.4 Å². The van der Waals surface area contributed by atoms with Crippen molar-refractivity contribution in [2.75, 3.05) is 0 Å². The van der Waals surface area contributed by atoms with Crippen LogP contribution in [0.15, 0.2) is 54.6 Å². The normalized spacial score (nSPS) is 12.5. The fraction of sp³-hybridized carbons (Fsp3) is 0.278. The van der Waals surface area contributed by atoms with E-state index >= 15 is 0 Å². The fourth-order valence-corrected chi connectivity index (χ4v) is 2.62. The van der Waals surface area contributed by atoms with Gasteiger partial charge in [-0.15, -0.1) is 0 Å². The first-order valence-corrected chi connectivity index (χ1v) is 7.46. The second-order valence-corrected chi connectivity index (χ2v) is 5.18. The SMILES string of the molecule is CCCn1c(C(C)Oc2ccccc2)nc2ccccc21. The van der Waals surface area contributed by atoms with Crippen molar-refractivity contribution in [3.8, 4) is 5.75 Å². The first-order valence-electron chi connectivity index (χ1n) is 7.46. The van der Waals surface area contributed by atoms with Crippen LogP contribution in [0.1, 0.15) is 32.2 Å². The van der Waals surface area contributed by atoms with Gasteiger partial charge in [0.15, 0.2) is 11.9 Å². The number of aryl methyl sites for hydroxylation is 1. The lowest BCUT2D eigenvalue weighted by Crippen LogP contribution is -2.11. The summed E-state index contributed by atoms with van der Waals surface area (Å²) in [5.41, 5.74) is 2.21. The molecule has 108 valence electrons. The van der Waals surface area contributed by atoms with E-state index in [1.54, 1.807) is 0 Å². The third kappa shape index (κ3) is 2.77. The van der Waals surface area contributed by atoms with Gasteiger partial charge in [0, 0.05) is 6.54 Å². The number of hydrogen-bond donors (Lipinski definition) is 0. The number of rotatable bonds is 5. The van der Waals surface area contributed by atoms with Gasteiger partial charge >= 0.3 is 0 Å². The molecule has 3 rings (SSSR count). The largest absolute Gasteiger partial charge is 0.483 e. The van der Waals surface area contributed by atoms with Gasteiger partial charge < -0.3 is 9.30 Å². The van der Waals surface area contributed by atoms with Gasteiger partial charge in [0.05, 0.1) is 11.0 Å². The van der Waals surface area contributed by atoms with E-state index in [0.29, 0.717) is 0 Å². The van der Waals surface area contributed by atoms with Crippen molar-refractivity contribution in [2.24, 2.45) is 0 Å². The van der Waals surface area contributed by atoms with Crippen LogP contribution in [0.25, 0.3) is 11.0 Å². The molecule has 1 heterocycles. The molecule has 0 amide bonds. The smallest absolute Gasteiger partial charge is 0.153 e. The van der Waals surface area contributed by atoms with E-state index in [-0.39, 0.29) is 6.10 Å².